The maximum Gasteiger partial charge on any atom is 0.269 e. The number of nitrogens with one attached hydrogen (secondary N) is 2. The molecule has 2 fully saturated rings. The summed E-state index contributed by atoms with van der Waals surface area (Å²) in [5.74, 6) is -0.534. The molecular formula is C28H30N6O5S. The van der Waals surface area contributed by atoms with E-state index in [2.05, 4.69) is 15.5 Å². The van der Waals surface area contributed by atoms with Crippen LogP contribution in [-0.4, -0.2) is 84.8 Å². The highest BCUT2D eigenvalue weighted by Crippen LogP contribution is 2.30. The summed E-state index contributed by atoms with van der Waals surface area (Å²) in [7, 11) is 0. The van der Waals surface area contributed by atoms with Crippen molar-refractivity contribution in [1.82, 2.24) is 15.1 Å². The quantitative estimate of drug-likeness (QED) is 0.349. The van der Waals surface area contributed by atoms with Crippen LogP contribution < -0.4 is 15.5 Å². The second kappa shape index (κ2) is 12.3. The van der Waals surface area contributed by atoms with Gasteiger partial charge in [-0.15, -0.1) is 11.3 Å². The molecule has 208 valence electrons. The van der Waals surface area contributed by atoms with Crippen molar-refractivity contribution in [2.24, 2.45) is 0 Å². The minimum atomic E-state index is -0.518. The Labute approximate surface area is 235 Å². The number of thiophene rings is 1. The zero-order valence-corrected chi connectivity index (χ0v) is 22.7. The minimum Gasteiger partial charge on any atom is -0.366 e. The number of hydrogen-bond acceptors (Lipinski definition) is 8. The van der Waals surface area contributed by atoms with Gasteiger partial charge in [-0.3, -0.25) is 24.5 Å². The third-order valence-corrected chi connectivity index (χ3v) is 7.96. The van der Waals surface area contributed by atoms with Crippen molar-refractivity contribution in [2.75, 3.05) is 62.6 Å². The summed E-state index contributed by atoms with van der Waals surface area (Å²) >= 11 is 1.42. The average molecular weight is 563 g/mol. The number of non-ortho nitro benzene ring substituents is 1. The number of nitro benzene ring substituents is 1. The van der Waals surface area contributed by atoms with E-state index in [4.69, 9.17) is 0 Å². The Morgan fingerprint density at radius 2 is 1.57 bits per heavy atom. The first kappa shape index (κ1) is 27.3. The Balaban J connectivity index is 1.38. The van der Waals surface area contributed by atoms with Crippen LogP contribution in [0.4, 0.5) is 17.1 Å². The number of amides is 3. The van der Waals surface area contributed by atoms with Crippen molar-refractivity contribution in [3.63, 3.8) is 0 Å². The van der Waals surface area contributed by atoms with E-state index in [1.54, 1.807) is 12.1 Å². The summed E-state index contributed by atoms with van der Waals surface area (Å²) in [6.45, 7) is 5.00. The molecular weight excluding hydrogens is 532 g/mol. The number of nitrogens with zero attached hydrogens (tertiary/aromatic N) is 4. The molecule has 2 aromatic carbocycles. The molecule has 0 spiro atoms. The predicted molar refractivity (Wildman–Crippen MR) is 153 cm³/mol. The first-order valence-electron chi connectivity index (χ1n) is 13.2. The van der Waals surface area contributed by atoms with Crippen LogP contribution in [0.5, 0.6) is 0 Å². The number of anilines is 2. The Bertz CT molecular complexity index is 1380. The van der Waals surface area contributed by atoms with Crippen LogP contribution in [0.1, 0.15) is 36.8 Å². The van der Waals surface area contributed by atoms with E-state index < -0.39 is 10.8 Å². The summed E-state index contributed by atoms with van der Waals surface area (Å²) in [4.78, 5) is 56.3. The van der Waals surface area contributed by atoms with Crippen molar-refractivity contribution < 1.29 is 19.3 Å². The molecule has 2 N–H and O–H groups in total. The summed E-state index contributed by atoms with van der Waals surface area (Å²) in [6, 6.07) is 14.4. The fourth-order valence-corrected chi connectivity index (χ4v) is 5.60. The Morgan fingerprint density at radius 1 is 0.850 bits per heavy atom. The van der Waals surface area contributed by atoms with Crippen LogP contribution in [0.15, 0.2) is 60.0 Å². The zero-order valence-electron chi connectivity index (χ0n) is 21.9. The van der Waals surface area contributed by atoms with E-state index in [1.807, 2.05) is 33.4 Å². The normalized spacial score (nSPS) is 15.8. The molecule has 1 aromatic heterocycles. The lowest BCUT2D eigenvalue weighted by Gasteiger charge is -2.37. The number of piperazine rings is 1. The van der Waals surface area contributed by atoms with Crippen molar-refractivity contribution in [2.45, 2.75) is 6.42 Å². The summed E-state index contributed by atoms with van der Waals surface area (Å²) in [5.41, 5.74) is 1.84. The smallest absolute Gasteiger partial charge is 0.269 e. The second-order valence-corrected chi connectivity index (χ2v) is 10.6. The minimum absolute atomic E-state index is 0.00855. The van der Waals surface area contributed by atoms with Gasteiger partial charge in [0, 0.05) is 69.1 Å². The summed E-state index contributed by atoms with van der Waals surface area (Å²) in [6.07, 6.45) is 0.863. The Kier molecular flexibility index (Phi) is 8.37. The predicted octanol–water partition coefficient (Wildman–Crippen LogP) is 3.31. The standard InChI is InChI=1S/C28H30N6O5S/c35-26(20-4-7-22(8-5-20)34(38)39)30-23-19-21(27(36)32-12-2-10-29-11-13-32)6-9-24(23)31-14-16-33(17-15-31)28(37)25-3-1-18-40-25/h1,3-9,18-19,29H,2,10-17H2,(H,30,35). The monoisotopic (exact) mass is 562 g/mol. The average Bonchev–Trinajstić information content (AvgIpc) is 3.39. The molecule has 0 unspecified atom stereocenters. The first-order chi connectivity index (χ1) is 19.4. The van der Waals surface area contributed by atoms with E-state index in [1.165, 1.54) is 35.6 Å². The molecule has 5 rings (SSSR count). The SMILES string of the molecule is O=C(Nc1cc(C(=O)N2CCCNCC2)ccc1N1CCN(C(=O)c2cccs2)CC1)c1ccc([N+](=O)[O-])cc1. The van der Waals surface area contributed by atoms with Gasteiger partial charge in [0.05, 0.1) is 21.2 Å². The molecule has 2 aliphatic rings. The Hall–Kier alpha value is -4.29. The topological polar surface area (TPSA) is 128 Å². The fourth-order valence-electron chi connectivity index (χ4n) is 4.91. The highest BCUT2D eigenvalue weighted by Gasteiger charge is 2.26. The second-order valence-electron chi connectivity index (χ2n) is 9.64. The van der Waals surface area contributed by atoms with Gasteiger partial charge in [0.15, 0.2) is 0 Å². The highest BCUT2D eigenvalue weighted by molar-refractivity contribution is 7.12. The first-order valence-corrected chi connectivity index (χ1v) is 14.1. The van der Waals surface area contributed by atoms with Crippen molar-refractivity contribution in [3.8, 4) is 0 Å². The van der Waals surface area contributed by atoms with Gasteiger partial charge in [-0.1, -0.05) is 6.07 Å². The summed E-state index contributed by atoms with van der Waals surface area (Å²) < 4.78 is 0. The largest absolute Gasteiger partial charge is 0.366 e. The van der Waals surface area contributed by atoms with Crippen LogP contribution in [0, 0.1) is 10.1 Å². The number of benzene rings is 2. The molecule has 0 atom stereocenters. The number of carbonyl (C=O) groups excluding carboxylic acids is 3. The molecule has 2 aliphatic heterocycles. The number of rotatable bonds is 6. The molecule has 3 amide bonds. The van der Waals surface area contributed by atoms with Crippen molar-refractivity contribution in [1.29, 1.82) is 0 Å². The Morgan fingerprint density at radius 3 is 2.27 bits per heavy atom. The van der Waals surface area contributed by atoms with Crippen LogP contribution in [-0.2, 0) is 0 Å². The molecule has 0 saturated carbocycles. The van der Waals surface area contributed by atoms with Crippen LogP contribution >= 0.6 is 11.3 Å². The molecule has 3 aromatic rings. The maximum absolute atomic E-state index is 13.3. The molecule has 0 aliphatic carbocycles. The van der Waals surface area contributed by atoms with Gasteiger partial charge in [0.2, 0.25) is 0 Å². The molecule has 11 nitrogen and oxygen atoms in total. The number of nitro groups is 1. The summed E-state index contributed by atoms with van der Waals surface area (Å²) in [5, 5.41) is 19.1. The lowest BCUT2D eigenvalue weighted by atomic mass is 10.1. The molecule has 3 heterocycles. The van der Waals surface area contributed by atoms with Crippen LogP contribution in [0.25, 0.3) is 0 Å². The van der Waals surface area contributed by atoms with Gasteiger partial charge in [0.1, 0.15) is 0 Å². The molecule has 12 heteroatoms. The van der Waals surface area contributed by atoms with E-state index in [9.17, 15) is 24.5 Å². The number of hydrogen-bond donors (Lipinski definition) is 2. The van der Waals surface area contributed by atoms with Crippen molar-refractivity contribution >= 4 is 46.1 Å². The highest BCUT2D eigenvalue weighted by atomic mass is 32.1. The van der Waals surface area contributed by atoms with Crippen LogP contribution in [0.2, 0.25) is 0 Å². The zero-order chi connectivity index (χ0) is 28.1. The third kappa shape index (κ3) is 6.13. The molecule has 0 radical (unpaired) electrons. The van der Waals surface area contributed by atoms with Gasteiger partial charge in [0.25, 0.3) is 23.4 Å². The third-order valence-electron chi connectivity index (χ3n) is 7.10. The van der Waals surface area contributed by atoms with Crippen molar-refractivity contribution in [3.05, 3.63) is 86.1 Å². The van der Waals surface area contributed by atoms with Gasteiger partial charge in [-0.2, -0.15) is 0 Å². The fraction of sp³-hybridized carbons (Fsp3) is 0.321. The van der Waals surface area contributed by atoms with Gasteiger partial charge < -0.3 is 25.3 Å². The number of carbonyl (C=O) groups is 3. The lowest BCUT2D eigenvalue weighted by molar-refractivity contribution is -0.384. The van der Waals surface area contributed by atoms with E-state index in [-0.39, 0.29) is 23.1 Å². The van der Waals surface area contributed by atoms with Crippen LogP contribution in [0.3, 0.4) is 0 Å². The molecule has 0 bridgehead atoms. The van der Waals surface area contributed by atoms with E-state index >= 15 is 0 Å². The van der Waals surface area contributed by atoms with E-state index in [0.29, 0.717) is 55.4 Å². The van der Waals surface area contributed by atoms with E-state index in [0.717, 1.165) is 25.2 Å². The van der Waals surface area contributed by atoms with Gasteiger partial charge in [-0.25, -0.2) is 0 Å². The lowest BCUT2D eigenvalue weighted by Crippen LogP contribution is -2.48. The molecule has 2 saturated heterocycles. The van der Waals surface area contributed by atoms with Gasteiger partial charge >= 0.3 is 0 Å². The maximum atomic E-state index is 13.3. The van der Waals surface area contributed by atoms with Gasteiger partial charge in [-0.05, 0) is 54.7 Å². The molecule has 40 heavy (non-hydrogen) atoms.